The monoisotopic (exact) mass is 701 g/mol. The fraction of sp³-hybridized carbons (Fsp3) is 0.161. The van der Waals surface area contributed by atoms with E-state index in [0.717, 1.165) is 19.0 Å². The number of carbonyl (C=O) groups excluding carboxylic acids is 2. The second-order valence-electron chi connectivity index (χ2n) is 9.27. The van der Waals surface area contributed by atoms with E-state index in [1.54, 1.807) is 66.7 Å². The largest absolute Gasteiger partial charge is 0.357 e. The SMILES string of the molecule is CNC(=O)C(Cc1ccccc1)N(Cc1ccc(Cl)cc1)C(=O)CN(c1ccc(I)cc1)S(=O)(=O)c1ccccc1. The first-order valence-corrected chi connectivity index (χ1v) is 15.7. The second kappa shape index (κ2) is 14.0. The molecule has 1 N–H and O–H groups in total. The zero-order valence-corrected chi connectivity index (χ0v) is 26.0. The number of rotatable bonds is 11. The lowest BCUT2D eigenvalue weighted by Gasteiger charge is -2.33. The number of amides is 2. The van der Waals surface area contributed by atoms with E-state index in [9.17, 15) is 18.0 Å². The molecule has 0 bridgehead atoms. The molecule has 0 heterocycles. The molecule has 0 aliphatic heterocycles. The molecular formula is C31H29ClIN3O4S. The van der Waals surface area contributed by atoms with E-state index in [4.69, 9.17) is 11.6 Å². The fourth-order valence-electron chi connectivity index (χ4n) is 4.36. The Morgan fingerprint density at radius 1 is 0.829 bits per heavy atom. The Morgan fingerprint density at radius 2 is 1.41 bits per heavy atom. The molecule has 0 fully saturated rings. The summed E-state index contributed by atoms with van der Waals surface area (Å²) in [6.07, 6.45) is 0.245. The third-order valence-electron chi connectivity index (χ3n) is 6.51. The maximum atomic E-state index is 14.2. The lowest BCUT2D eigenvalue weighted by Crippen LogP contribution is -2.53. The van der Waals surface area contributed by atoms with Crippen molar-refractivity contribution >= 4 is 61.7 Å². The third kappa shape index (κ3) is 7.87. The van der Waals surface area contributed by atoms with Crippen LogP contribution in [0.3, 0.4) is 0 Å². The van der Waals surface area contributed by atoms with Gasteiger partial charge in [0.2, 0.25) is 11.8 Å². The van der Waals surface area contributed by atoms with E-state index in [-0.39, 0.29) is 23.8 Å². The van der Waals surface area contributed by atoms with Crippen molar-refractivity contribution in [2.75, 3.05) is 17.9 Å². The molecule has 0 aromatic heterocycles. The van der Waals surface area contributed by atoms with Crippen LogP contribution in [0.5, 0.6) is 0 Å². The molecule has 0 saturated carbocycles. The minimum absolute atomic E-state index is 0.0581. The summed E-state index contributed by atoms with van der Waals surface area (Å²) >= 11 is 8.23. The van der Waals surface area contributed by atoms with Crippen molar-refractivity contribution in [2.24, 2.45) is 0 Å². The summed E-state index contributed by atoms with van der Waals surface area (Å²) < 4.78 is 29.8. The topological polar surface area (TPSA) is 86.8 Å². The van der Waals surface area contributed by atoms with Gasteiger partial charge in [-0.25, -0.2) is 8.42 Å². The van der Waals surface area contributed by atoms with E-state index in [1.165, 1.54) is 24.1 Å². The van der Waals surface area contributed by atoms with Crippen LogP contribution in [0.25, 0.3) is 0 Å². The van der Waals surface area contributed by atoms with E-state index in [2.05, 4.69) is 27.9 Å². The predicted octanol–water partition coefficient (Wildman–Crippen LogP) is 5.53. The Bertz CT molecular complexity index is 1570. The number of sulfonamides is 1. The molecule has 0 aliphatic rings. The Hall–Kier alpha value is -3.41. The molecular weight excluding hydrogens is 673 g/mol. The molecule has 4 aromatic rings. The highest BCUT2D eigenvalue weighted by Gasteiger charge is 2.34. The van der Waals surface area contributed by atoms with Crippen molar-refractivity contribution < 1.29 is 18.0 Å². The molecule has 0 spiro atoms. The van der Waals surface area contributed by atoms with Crippen LogP contribution in [-0.2, 0) is 32.6 Å². The molecule has 0 radical (unpaired) electrons. The molecule has 10 heteroatoms. The molecule has 2 amide bonds. The van der Waals surface area contributed by atoms with Gasteiger partial charge < -0.3 is 10.2 Å². The zero-order valence-electron chi connectivity index (χ0n) is 22.3. The average molecular weight is 702 g/mol. The number of hydrogen-bond donors (Lipinski definition) is 1. The maximum absolute atomic E-state index is 14.2. The maximum Gasteiger partial charge on any atom is 0.264 e. The lowest BCUT2D eigenvalue weighted by atomic mass is 10.0. The first-order valence-electron chi connectivity index (χ1n) is 12.8. The summed E-state index contributed by atoms with van der Waals surface area (Å²) in [5, 5.41) is 3.22. The van der Waals surface area contributed by atoms with Gasteiger partial charge in [-0.3, -0.25) is 13.9 Å². The Balaban J connectivity index is 1.77. The molecule has 4 rings (SSSR count). The molecule has 41 heavy (non-hydrogen) atoms. The van der Waals surface area contributed by atoms with Gasteiger partial charge in [-0.15, -0.1) is 0 Å². The molecule has 0 saturated heterocycles. The smallest absolute Gasteiger partial charge is 0.264 e. The molecule has 1 atom stereocenters. The highest BCUT2D eigenvalue weighted by Crippen LogP contribution is 2.26. The summed E-state index contributed by atoms with van der Waals surface area (Å²) in [6, 6.07) is 30.3. The summed E-state index contributed by atoms with van der Waals surface area (Å²) in [4.78, 5) is 29.0. The number of benzene rings is 4. The fourth-order valence-corrected chi connectivity index (χ4v) is 6.28. The van der Waals surface area contributed by atoms with Crippen LogP contribution in [0, 0.1) is 3.57 Å². The van der Waals surface area contributed by atoms with Crippen LogP contribution in [0.4, 0.5) is 5.69 Å². The first-order chi connectivity index (χ1) is 19.7. The number of likely N-dealkylation sites (N-methyl/N-ethyl adjacent to an activating group) is 1. The van der Waals surface area contributed by atoms with Crippen LogP contribution >= 0.6 is 34.2 Å². The van der Waals surface area contributed by atoms with Crippen LogP contribution in [0.1, 0.15) is 11.1 Å². The summed E-state index contributed by atoms with van der Waals surface area (Å²) in [5.74, 6) is -0.884. The van der Waals surface area contributed by atoms with Gasteiger partial charge in [0.1, 0.15) is 12.6 Å². The lowest BCUT2D eigenvalue weighted by molar-refractivity contribution is -0.139. The summed E-state index contributed by atoms with van der Waals surface area (Å²) in [5.41, 5.74) is 1.95. The third-order valence-corrected chi connectivity index (χ3v) is 9.27. The van der Waals surface area contributed by atoms with Crippen molar-refractivity contribution in [3.05, 3.63) is 129 Å². The number of nitrogens with one attached hydrogen (secondary N) is 1. The van der Waals surface area contributed by atoms with Gasteiger partial charge in [0.05, 0.1) is 10.6 Å². The predicted molar refractivity (Wildman–Crippen MR) is 170 cm³/mol. The summed E-state index contributed by atoms with van der Waals surface area (Å²) in [6.45, 7) is -0.430. The average Bonchev–Trinajstić information content (AvgIpc) is 2.99. The summed E-state index contributed by atoms with van der Waals surface area (Å²) in [7, 11) is -2.60. The van der Waals surface area contributed by atoms with E-state index in [0.29, 0.717) is 10.7 Å². The van der Waals surface area contributed by atoms with Crippen molar-refractivity contribution in [1.29, 1.82) is 0 Å². The number of halogens is 2. The number of hydrogen-bond acceptors (Lipinski definition) is 4. The highest BCUT2D eigenvalue weighted by atomic mass is 127. The first kappa shape index (κ1) is 30.5. The Labute approximate surface area is 259 Å². The zero-order chi connectivity index (χ0) is 29.4. The molecule has 4 aromatic carbocycles. The van der Waals surface area contributed by atoms with Crippen LogP contribution in [0.15, 0.2) is 114 Å². The number of nitrogens with zero attached hydrogens (tertiary/aromatic N) is 2. The van der Waals surface area contributed by atoms with Crippen LogP contribution in [-0.4, -0.2) is 44.8 Å². The Kier molecular flexibility index (Phi) is 10.4. The molecule has 212 valence electrons. The van der Waals surface area contributed by atoms with Crippen LogP contribution in [0.2, 0.25) is 5.02 Å². The van der Waals surface area contributed by atoms with Crippen molar-refractivity contribution in [2.45, 2.75) is 23.9 Å². The van der Waals surface area contributed by atoms with E-state index >= 15 is 0 Å². The van der Waals surface area contributed by atoms with Gasteiger partial charge in [0, 0.05) is 28.6 Å². The van der Waals surface area contributed by atoms with E-state index in [1.807, 2.05) is 30.3 Å². The number of carbonyl (C=O) groups is 2. The van der Waals surface area contributed by atoms with Gasteiger partial charge in [0.15, 0.2) is 0 Å². The molecule has 7 nitrogen and oxygen atoms in total. The van der Waals surface area contributed by atoms with Crippen molar-refractivity contribution in [1.82, 2.24) is 10.2 Å². The second-order valence-corrected chi connectivity index (χ2v) is 12.8. The Morgan fingerprint density at radius 3 is 2.00 bits per heavy atom. The quantitative estimate of drug-likeness (QED) is 0.209. The van der Waals surface area contributed by atoms with Gasteiger partial charge >= 0.3 is 0 Å². The number of anilines is 1. The minimum atomic E-state index is -4.12. The minimum Gasteiger partial charge on any atom is -0.357 e. The van der Waals surface area contributed by atoms with Crippen LogP contribution < -0.4 is 9.62 Å². The standard InChI is InChI=1S/C31H29ClIN3O4S/c1-34-31(38)29(20-23-8-4-2-5-9-23)35(21-24-12-14-25(32)15-13-24)30(37)22-36(27-18-16-26(33)17-19-27)41(39,40)28-10-6-3-7-11-28/h2-19,29H,20-22H2,1H3,(H,34,38). The van der Waals surface area contributed by atoms with Gasteiger partial charge in [-0.2, -0.15) is 0 Å². The van der Waals surface area contributed by atoms with Gasteiger partial charge in [-0.1, -0.05) is 72.3 Å². The molecule has 1 unspecified atom stereocenters. The van der Waals surface area contributed by atoms with E-state index < -0.39 is 28.5 Å². The normalized spacial score (nSPS) is 11.9. The highest BCUT2D eigenvalue weighted by molar-refractivity contribution is 14.1. The molecule has 0 aliphatic carbocycles. The van der Waals surface area contributed by atoms with Crippen molar-refractivity contribution in [3.63, 3.8) is 0 Å². The van der Waals surface area contributed by atoms with Gasteiger partial charge in [0.25, 0.3) is 10.0 Å². The van der Waals surface area contributed by atoms with Gasteiger partial charge in [-0.05, 0) is 82.2 Å². The van der Waals surface area contributed by atoms with Crippen molar-refractivity contribution in [3.8, 4) is 0 Å².